The molecule has 5 heteroatoms. The second-order valence-corrected chi connectivity index (χ2v) is 3.46. The van der Waals surface area contributed by atoms with Crippen molar-refractivity contribution in [3.63, 3.8) is 0 Å². The van der Waals surface area contributed by atoms with Crippen molar-refractivity contribution in [3.05, 3.63) is 18.7 Å². The molecule has 0 saturated heterocycles. The van der Waals surface area contributed by atoms with Gasteiger partial charge in [-0.05, 0) is 20.9 Å². The highest BCUT2D eigenvalue weighted by Gasteiger charge is 2.24. The largest absolute Gasteiger partial charge is 0.322 e. The van der Waals surface area contributed by atoms with Gasteiger partial charge in [-0.3, -0.25) is 4.79 Å². The van der Waals surface area contributed by atoms with Gasteiger partial charge in [0.25, 0.3) is 0 Å². The lowest BCUT2D eigenvalue weighted by Crippen LogP contribution is -2.47. The molecule has 2 N–H and O–H groups in total. The number of hydrogen-bond acceptors (Lipinski definition) is 4. The molecule has 0 unspecified atom stereocenters. The number of rotatable bonds is 3. The molecule has 0 aliphatic rings. The molecule has 0 radical (unpaired) electrons. The molecule has 0 saturated carbocycles. The van der Waals surface area contributed by atoms with Crippen LogP contribution in [0, 0.1) is 0 Å². The normalized spacial score (nSPS) is 11.1. The van der Waals surface area contributed by atoms with Crippen LogP contribution in [-0.2, 0) is 4.79 Å². The number of hydrogen-bond donors (Lipinski definition) is 2. The van der Waals surface area contributed by atoms with Crippen LogP contribution in [0.3, 0.4) is 0 Å². The zero-order valence-electron chi connectivity index (χ0n) is 8.53. The Hall–Kier alpha value is -1.49. The summed E-state index contributed by atoms with van der Waals surface area (Å²) in [6.07, 6.45) is 4.52. The van der Waals surface area contributed by atoms with Crippen LogP contribution in [-0.4, -0.2) is 28.5 Å². The molecule has 1 rings (SSSR count). The van der Waals surface area contributed by atoms with Crippen LogP contribution in [0.4, 0.5) is 5.69 Å². The highest BCUT2D eigenvalue weighted by Crippen LogP contribution is 2.07. The fourth-order valence-corrected chi connectivity index (χ4v) is 0.765. The van der Waals surface area contributed by atoms with Crippen LogP contribution in [0.5, 0.6) is 0 Å². The molecule has 1 aromatic heterocycles. The molecule has 0 aromatic carbocycles. The molecule has 76 valence electrons. The van der Waals surface area contributed by atoms with E-state index in [2.05, 4.69) is 20.6 Å². The van der Waals surface area contributed by atoms with Crippen molar-refractivity contribution in [1.82, 2.24) is 15.3 Å². The maximum absolute atomic E-state index is 11.6. The molecule has 0 bridgehead atoms. The molecular formula is C9H14N4O. The van der Waals surface area contributed by atoms with E-state index in [1.54, 1.807) is 33.3 Å². The Bertz CT molecular complexity index is 310. The van der Waals surface area contributed by atoms with Crippen molar-refractivity contribution in [2.75, 3.05) is 12.4 Å². The van der Waals surface area contributed by atoms with E-state index in [0.717, 1.165) is 0 Å². The lowest BCUT2D eigenvalue weighted by molar-refractivity contribution is -0.121. The van der Waals surface area contributed by atoms with Gasteiger partial charge < -0.3 is 10.6 Å². The van der Waals surface area contributed by atoms with Gasteiger partial charge in [0.15, 0.2) is 0 Å². The highest BCUT2D eigenvalue weighted by molar-refractivity contribution is 5.97. The van der Waals surface area contributed by atoms with E-state index in [0.29, 0.717) is 5.69 Å². The first kappa shape index (κ1) is 10.6. The summed E-state index contributed by atoms with van der Waals surface area (Å²) in [5.41, 5.74) is -0.00336. The third-order valence-electron chi connectivity index (χ3n) is 2.01. The fourth-order valence-electron chi connectivity index (χ4n) is 0.765. The van der Waals surface area contributed by atoms with Gasteiger partial charge in [0.05, 0.1) is 23.6 Å². The SMILES string of the molecule is CNC(C)(C)C(=O)Nc1cncnc1. The zero-order valence-corrected chi connectivity index (χ0v) is 8.53. The minimum absolute atomic E-state index is 0.116. The molecular weight excluding hydrogens is 180 g/mol. The number of carbonyl (C=O) groups excluding carboxylic acids is 1. The number of aromatic nitrogens is 2. The summed E-state index contributed by atoms with van der Waals surface area (Å²) in [6.45, 7) is 3.60. The van der Waals surface area contributed by atoms with Crippen LogP contribution >= 0.6 is 0 Å². The lowest BCUT2D eigenvalue weighted by atomic mass is 10.1. The summed E-state index contributed by atoms with van der Waals surface area (Å²) in [7, 11) is 1.74. The van der Waals surface area contributed by atoms with Crippen LogP contribution in [0.2, 0.25) is 0 Å². The smallest absolute Gasteiger partial charge is 0.244 e. The summed E-state index contributed by atoms with van der Waals surface area (Å²) < 4.78 is 0. The van der Waals surface area contributed by atoms with E-state index in [1.165, 1.54) is 6.33 Å². The lowest BCUT2D eigenvalue weighted by Gasteiger charge is -2.22. The summed E-state index contributed by atoms with van der Waals surface area (Å²) in [5, 5.41) is 5.62. The van der Waals surface area contributed by atoms with Gasteiger partial charge in [-0.15, -0.1) is 0 Å². The second-order valence-electron chi connectivity index (χ2n) is 3.46. The van der Waals surface area contributed by atoms with Gasteiger partial charge in [0, 0.05) is 0 Å². The molecule has 0 aliphatic carbocycles. The topological polar surface area (TPSA) is 66.9 Å². The first-order chi connectivity index (χ1) is 6.56. The molecule has 0 aliphatic heterocycles. The van der Waals surface area contributed by atoms with Gasteiger partial charge >= 0.3 is 0 Å². The highest BCUT2D eigenvalue weighted by atomic mass is 16.2. The monoisotopic (exact) mass is 194 g/mol. The Labute approximate surface area is 83.0 Å². The predicted molar refractivity (Wildman–Crippen MR) is 53.8 cm³/mol. The number of carbonyl (C=O) groups is 1. The van der Waals surface area contributed by atoms with Crippen LogP contribution < -0.4 is 10.6 Å². The molecule has 0 atom stereocenters. The average molecular weight is 194 g/mol. The maximum Gasteiger partial charge on any atom is 0.244 e. The second kappa shape index (κ2) is 4.15. The van der Waals surface area contributed by atoms with Crippen molar-refractivity contribution in [1.29, 1.82) is 0 Å². The van der Waals surface area contributed by atoms with Gasteiger partial charge in [-0.2, -0.15) is 0 Å². The number of anilines is 1. The van der Waals surface area contributed by atoms with E-state index in [9.17, 15) is 4.79 Å². The Morgan fingerprint density at radius 1 is 1.36 bits per heavy atom. The molecule has 1 heterocycles. The molecule has 1 amide bonds. The summed E-state index contributed by atoms with van der Waals surface area (Å²) >= 11 is 0. The Balaban J connectivity index is 2.67. The Morgan fingerprint density at radius 3 is 2.43 bits per heavy atom. The van der Waals surface area contributed by atoms with Crippen molar-refractivity contribution in [3.8, 4) is 0 Å². The summed E-state index contributed by atoms with van der Waals surface area (Å²) in [6, 6.07) is 0. The van der Waals surface area contributed by atoms with E-state index in [-0.39, 0.29) is 5.91 Å². The fraction of sp³-hybridized carbons (Fsp3) is 0.444. The molecule has 0 fully saturated rings. The van der Waals surface area contributed by atoms with Crippen LogP contribution in [0.15, 0.2) is 18.7 Å². The van der Waals surface area contributed by atoms with Gasteiger partial charge in [0.1, 0.15) is 6.33 Å². The van der Waals surface area contributed by atoms with Crippen molar-refractivity contribution in [2.45, 2.75) is 19.4 Å². The Kier molecular flexibility index (Phi) is 3.14. The zero-order chi connectivity index (χ0) is 10.6. The van der Waals surface area contributed by atoms with Gasteiger partial charge in [-0.25, -0.2) is 9.97 Å². The number of nitrogens with zero attached hydrogens (tertiary/aromatic N) is 2. The molecule has 1 aromatic rings. The quantitative estimate of drug-likeness (QED) is 0.731. The maximum atomic E-state index is 11.6. The standard InChI is InChI=1S/C9H14N4O/c1-9(2,10-3)8(14)13-7-4-11-6-12-5-7/h4-6,10H,1-3H3,(H,13,14). The minimum Gasteiger partial charge on any atom is -0.322 e. The number of amides is 1. The van der Waals surface area contributed by atoms with Crippen LogP contribution in [0.1, 0.15) is 13.8 Å². The summed E-state index contributed by atoms with van der Waals surface area (Å²) in [5.74, 6) is -0.116. The first-order valence-corrected chi connectivity index (χ1v) is 4.31. The van der Waals surface area contributed by atoms with E-state index < -0.39 is 5.54 Å². The van der Waals surface area contributed by atoms with Gasteiger partial charge in [0.2, 0.25) is 5.91 Å². The van der Waals surface area contributed by atoms with Crippen LogP contribution in [0.25, 0.3) is 0 Å². The van der Waals surface area contributed by atoms with Crippen molar-refractivity contribution < 1.29 is 4.79 Å². The number of nitrogens with one attached hydrogen (secondary N) is 2. The van der Waals surface area contributed by atoms with E-state index >= 15 is 0 Å². The van der Waals surface area contributed by atoms with Crippen molar-refractivity contribution >= 4 is 11.6 Å². The Morgan fingerprint density at radius 2 is 1.93 bits per heavy atom. The van der Waals surface area contributed by atoms with E-state index in [4.69, 9.17) is 0 Å². The minimum atomic E-state index is -0.601. The molecule has 14 heavy (non-hydrogen) atoms. The first-order valence-electron chi connectivity index (χ1n) is 4.31. The molecule has 5 nitrogen and oxygen atoms in total. The van der Waals surface area contributed by atoms with E-state index in [1.807, 2.05) is 0 Å². The van der Waals surface area contributed by atoms with Crippen molar-refractivity contribution in [2.24, 2.45) is 0 Å². The predicted octanol–water partition coefficient (Wildman–Crippen LogP) is 0.413. The summed E-state index contributed by atoms with van der Waals surface area (Å²) in [4.78, 5) is 19.2. The third kappa shape index (κ3) is 2.50. The average Bonchev–Trinajstić information content (AvgIpc) is 2.19. The number of likely N-dealkylation sites (N-methyl/N-ethyl adjacent to an activating group) is 1. The third-order valence-corrected chi connectivity index (χ3v) is 2.01. The van der Waals surface area contributed by atoms with Gasteiger partial charge in [-0.1, -0.05) is 0 Å². The molecule has 0 spiro atoms.